The van der Waals surface area contributed by atoms with Gasteiger partial charge < -0.3 is 5.32 Å². The van der Waals surface area contributed by atoms with E-state index in [2.05, 4.69) is 17.2 Å². The van der Waals surface area contributed by atoms with Crippen molar-refractivity contribution in [1.82, 2.24) is 9.55 Å². The summed E-state index contributed by atoms with van der Waals surface area (Å²) >= 11 is 0. The average Bonchev–Trinajstić information content (AvgIpc) is 2.31. The molecule has 1 N–H and O–H groups in total. The van der Waals surface area contributed by atoms with Gasteiger partial charge in [-0.2, -0.15) is 0 Å². The van der Waals surface area contributed by atoms with Gasteiger partial charge >= 0.3 is 0 Å². The topological polar surface area (TPSA) is 46.9 Å². The van der Waals surface area contributed by atoms with Crippen molar-refractivity contribution >= 4 is 5.95 Å². The molecule has 0 saturated carbocycles. The second kappa shape index (κ2) is 3.61. The zero-order valence-corrected chi connectivity index (χ0v) is 9.62. The molecule has 0 saturated heterocycles. The minimum atomic E-state index is 0.193. The van der Waals surface area contributed by atoms with Gasteiger partial charge in [0.2, 0.25) is 5.95 Å². The predicted molar refractivity (Wildman–Crippen MR) is 62.8 cm³/mol. The molecule has 0 aromatic carbocycles. The van der Waals surface area contributed by atoms with Gasteiger partial charge in [0.15, 0.2) is 0 Å². The summed E-state index contributed by atoms with van der Waals surface area (Å²) in [5.41, 5.74) is 2.19. The highest BCUT2D eigenvalue weighted by atomic mass is 16.1. The van der Waals surface area contributed by atoms with E-state index in [-0.39, 0.29) is 5.56 Å². The molecular weight excluding hydrogens is 202 g/mol. The zero-order valence-electron chi connectivity index (χ0n) is 9.62. The zero-order chi connectivity index (χ0) is 11.1. The van der Waals surface area contributed by atoms with E-state index in [0.29, 0.717) is 5.92 Å². The van der Waals surface area contributed by atoms with Gasteiger partial charge in [-0.15, -0.1) is 0 Å². The number of rotatable bonds is 0. The molecule has 3 rings (SSSR count). The third kappa shape index (κ3) is 1.44. The summed E-state index contributed by atoms with van der Waals surface area (Å²) in [5, 5.41) is 3.22. The first-order valence-corrected chi connectivity index (χ1v) is 6.12. The minimum Gasteiger partial charge on any atom is -0.355 e. The van der Waals surface area contributed by atoms with Crippen LogP contribution in [0.2, 0.25) is 0 Å². The minimum absolute atomic E-state index is 0.193. The molecule has 1 aliphatic heterocycles. The molecule has 0 fully saturated rings. The van der Waals surface area contributed by atoms with Gasteiger partial charge in [0.25, 0.3) is 5.56 Å². The lowest BCUT2D eigenvalue weighted by Crippen LogP contribution is -2.35. The van der Waals surface area contributed by atoms with Crippen molar-refractivity contribution < 1.29 is 0 Å². The van der Waals surface area contributed by atoms with Crippen molar-refractivity contribution in [3.8, 4) is 0 Å². The van der Waals surface area contributed by atoms with E-state index in [0.717, 1.165) is 56.0 Å². The van der Waals surface area contributed by atoms with E-state index in [1.54, 1.807) is 4.57 Å². The predicted octanol–water partition coefficient (Wildman–Crippen LogP) is 1.18. The van der Waals surface area contributed by atoms with Crippen LogP contribution in [0.3, 0.4) is 0 Å². The maximum atomic E-state index is 12.3. The first kappa shape index (κ1) is 9.87. The van der Waals surface area contributed by atoms with Crippen LogP contribution in [-0.2, 0) is 19.4 Å². The van der Waals surface area contributed by atoms with Crippen LogP contribution in [0, 0.1) is 5.92 Å². The van der Waals surface area contributed by atoms with E-state index in [4.69, 9.17) is 0 Å². The van der Waals surface area contributed by atoms with E-state index in [1.807, 2.05) is 0 Å². The molecule has 0 amide bonds. The fourth-order valence-corrected chi connectivity index (χ4v) is 2.66. The van der Waals surface area contributed by atoms with Crippen molar-refractivity contribution in [2.75, 3.05) is 11.9 Å². The molecule has 0 spiro atoms. The lowest BCUT2D eigenvalue weighted by molar-refractivity contribution is 0.477. The third-order valence-corrected chi connectivity index (χ3v) is 3.62. The van der Waals surface area contributed by atoms with Crippen LogP contribution in [0.25, 0.3) is 0 Å². The molecule has 1 aromatic rings. The van der Waals surface area contributed by atoms with Gasteiger partial charge in [-0.05, 0) is 31.6 Å². The highest BCUT2D eigenvalue weighted by Gasteiger charge is 2.23. The Morgan fingerprint density at radius 3 is 3.25 bits per heavy atom. The number of nitrogens with one attached hydrogen (secondary N) is 1. The first-order chi connectivity index (χ1) is 7.75. The molecule has 1 aromatic heterocycles. The second-order valence-electron chi connectivity index (χ2n) is 4.95. The van der Waals surface area contributed by atoms with Crippen LogP contribution in [0.4, 0.5) is 5.95 Å². The molecule has 1 atom stereocenters. The normalized spacial score (nSPS) is 23.2. The number of anilines is 1. The quantitative estimate of drug-likeness (QED) is 0.713. The highest BCUT2D eigenvalue weighted by Crippen LogP contribution is 2.23. The SMILES string of the molecule is CC1CCc2nc3n(c(=O)c2C1)CCCN3. The molecule has 86 valence electrons. The van der Waals surface area contributed by atoms with Crippen LogP contribution in [0.5, 0.6) is 0 Å². The molecule has 1 aliphatic carbocycles. The average molecular weight is 219 g/mol. The molecule has 4 nitrogen and oxygen atoms in total. The van der Waals surface area contributed by atoms with Gasteiger partial charge in [-0.25, -0.2) is 4.98 Å². The van der Waals surface area contributed by atoms with Gasteiger partial charge in [-0.3, -0.25) is 9.36 Å². The van der Waals surface area contributed by atoms with Gasteiger partial charge in [0.1, 0.15) is 0 Å². The summed E-state index contributed by atoms with van der Waals surface area (Å²) < 4.78 is 1.81. The molecule has 4 heteroatoms. The monoisotopic (exact) mass is 219 g/mol. The van der Waals surface area contributed by atoms with Gasteiger partial charge in [-0.1, -0.05) is 6.92 Å². The Kier molecular flexibility index (Phi) is 2.23. The van der Waals surface area contributed by atoms with Crippen molar-refractivity contribution in [3.63, 3.8) is 0 Å². The molecule has 0 bridgehead atoms. The highest BCUT2D eigenvalue weighted by molar-refractivity contribution is 5.34. The maximum Gasteiger partial charge on any atom is 0.258 e. The lowest BCUT2D eigenvalue weighted by Gasteiger charge is -2.25. The summed E-state index contributed by atoms with van der Waals surface area (Å²) in [5.74, 6) is 1.40. The van der Waals surface area contributed by atoms with Crippen LogP contribution < -0.4 is 10.9 Å². The number of fused-ring (bicyclic) bond motifs is 2. The maximum absolute atomic E-state index is 12.3. The number of aromatic nitrogens is 2. The summed E-state index contributed by atoms with van der Waals surface area (Å²) in [7, 11) is 0. The fraction of sp³-hybridized carbons (Fsp3) is 0.667. The lowest BCUT2D eigenvalue weighted by atomic mass is 9.88. The van der Waals surface area contributed by atoms with Crippen LogP contribution in [0.15, 0.2) is 4.79 Å². The Morgan fingerprint density at radius 2 is 2.38 bits per heavy atom. The van der Waals surface area contributed by atoms with E-state index in [1.165, 1.54) is 0 Å². The van der Waals surface area contributed by atoms with Gasteiger partial charge in [0, 0.05) is 18.7 Å². The van der Waals surface area contributed by atoms with Gasteiger partial charge in [0.05, 0.1) is 5.69 Å². The number of aryl methyl sites for hydroxylation is 1. The smallest absolute Gasteiger partial charge is 0.258 e. The van der Waals surface area contributed by atoms with Crippen molar-refractivity contribution in [2.45, 2.75) is 39.2 Å². The van der Waals surface area contributed by atoms with E-state index >= 15 is 0 Å². The Balaban J connectivity index is 2.16. The summed E-state index contributed by atoms with van der Waals surface area (Å²) in [6.45, 7) is 3.96. The van der Waals surface area contributed by atoms with Crippen molar-refractivity contribution in [2.24, 2.45) is 5.92 Å². The number of hydrogen-bond acceptors (Lipinski definition) is 3. The molecular formula is C12H17N3O. The molecule has 2 aliphatic rings. The molecule has 0 radical (unpaired) electrons. The Labute approximate surface area is 94.7 Å². The van der Waals surface area contributed by atoms with Crippen molar-refractivity contribution in [1.29, 1.82) is 0 Å². The number of nitrogens with zero attached hydrogens (tertiary/aromatic N) is 2. The summed E-state index contributed by atoms with van der Waals surface area (Å²) in [4.78, 5) is 16.9. The molecule has 16 heavy (non-hydrogen) atoms. The van der Waals surface area contributed by atoms with E-state index in [9.17, 15) is 4.79 Å². The first-order valence-electron chi connectivity index (χ1n) is 6.12. The van der Waals surface area contributed by atoms with Crippen LogP contribution >= 0.6 is 0 Å². The molecule has 2 heterocycles. The van der Waals surface area contributed by atoms with Crippen LogP contribution in [0.1, 0.15) is 31.0 Å². The Hall–Kier alpha value is -1.32. The number of hydrogen-bond donors (Lipinski definition) is 1. The molecule has 1 unspecified atom stereocenters. The summed E-state index contributed by atoms with van der Waals surface area (Å²) in [6.07, 6.45) is 4.04. The van der Waals surface area contributed by atoms with Crippen molar-refractivity contribution in [3.05, 3.63) is 21.6 Å². The fourth-order valence-electron chi connectivity index (χ4n) is 2.66. The van der Waals surface area contributed by atoms with E-state index < -0.39 is 0 Å². The second-order valence-corrected chi connectivity index (χ2v) is 4.95. The van der Waals surface area contributed by atoms with Crippen LogP contribution in [-0.4, -0.2) is 16.1 Å². The third-order valence-electron chi connectivity index (χ3n) is 3.62. The standard InChI is InChI=1S/C12H17N3O/c1-8-3-4-10-9(7-8)11(16)15-6-2-5-13-12(15)14-10/h8H,2-7H2,1H3,(H,13,14). The Morgan fingerprint density at radius 1 is 1.50 bits per heavy atom. The Bertz CT molecular complexity index is 478. The largest absolute Gasteiger partial charge is 0.355 e. The summed E-state index contributed by atoms with van der Waals surface area (Å²) in [6, 6.07) is 0.